The monoisotopic (exact) mass is 836 g/mol. The third-order valence-electron chi connectivity index (χ3n) is 9.12. The molecule has 1 heterocycles. The van der Waals surface area contributed by atoms with Crippen LogP contribution < -0.4 is 31.8 Å². The first kappa shape index (κ1) is 42.8. The van der Waals surface area contributed by atoms with Crippen molar-refractivity contribution in [2.75, 3.05) is 0 Å². The molecule has 275 valence electrons. The predicted molar refractivity (Wildman–Crippen MR) is 234 cm³/mol. The minimum Gasteiger partial charge on any atom is -0.405 e. The Morgan fingerprint density at radius 1 is 0.352 bits per heavy atom. The molecule has 1 saturated heterocycles. The van der Waals surface area contributed by atoms with Crippen molar-refractivity contribution in [3.05, 3.63) is 218 Å². The summed E-state index contributed by atoms with van der Waals surface area (Å²) in [5.41, 5.74) is -0.375. The van der Waals surface area contributed by atoms with Crippen LogP contribution in [0.15, 0.2) is 212 Å². The molecule has 1 fully saturated rings. The van der Waals surface area contributed by atoms with E-state index in [0.29, 0.717) is 0 Å². The maximum atomic E-state index is 5.21. The van der Waals surface area contributed by atoms with E-state index in [1.807, 2.05) is 58.0 Å². The van der Waals surface area contributed by atoms with Crippen molar-refractivity contribution in [3.63, 3.8) is 0 Å². The first-order valence-corrected chi connectivity index (χ1v) is 21.0. The molecule has 8 rings (SSSR count). The van der Waals surface area contributed by atoms with Crippen molar-refractivity contribution < 1.29 is 29.7 Å². The normalized spacial score (nSPS) is 13.3. The summed E-state index contributed by atoms with van der Waals surface area (Å²) >= 11 is 0. The van der Waals surface area contributed by atoms with Crippen LogP contribution in [0.3, 0.4) is 0 Å². The molecule has 7 aromatic rings. The Bertz CT molecular complexity index is 1640. The van der Waals surface area contributed by atoms with Crippen LogP contribution in [0.25, 0.3) is 0 Å². The van der Waals surface area contributed by atoms with E-state index in [9.17, 15) is 0 Å². The van der Waals surface area contributed by atoms with Crippen LogP contribution in [0, 0.1) is 6.07 Å². The largest absolute Gasteiger partial charge is 0.488 e. The van der Waals surface area contributed by atoms with E-state index in [4.69, 9.17) is 9.31 Å². The summed E-state index contributed by atoms with van der Waals surface area (Å²) in [6, 6.07) is 77.5. The smallest absolute Gasteiger partial charge is 0.405 e. The van der Waals surface area contributed by atoms with E-state index < -0.39 is 15.8 Å². The molecule has 6 heteroatoms. The van der Waals surface area contributed by atoms with E-state index in [-0.39, 0.29) is 31.6 Å². The molecule has 0 aromatic heterocycles. The van der Waals surface area contributed by atoms with Gasteiger partial charge in [0.2, 0.25) is 0 Å². The Hall–Kier alpha value is -3.95. The zero-order valence-corrected chi connectivity index (χ0v) is 35.0. The Balaban J connectivity index is 0.000000174. The van der Waals surface area contributed by atoms with Gasteiger partial charge in [-0.1, -0.05) is 109 Å². The summed E-state index contributed by atoms with van der Waals surface area (Å²) in [4.78, 5) is 0. The summed E-state index contributed by atoms with van der Waals surface area (Å²) < 4.78 is 10.4. The second kappa shape index (κ2) is 22.4. The van der Waals surface area contributed by atoms with Gasteiger partial charge in [-0.2, -0.15) is 36.4 Å². The molecule has 7 aromatic carbocycles. The zero-order chi connectivity index (χ0) is 37.2. The molecule has 2 nitrogen and oxygen atoms in total. The summed E-state index contributed by atoms with van der Waals surface area (Å²) in [6.07, 6.45) is 0. The molecule has 1 radical (unpaired) electrons. The Labute approximate surface area is 340 Å². The van der Waals surface area contributed by atoms with Gasteiger partial charge < -0.3 is 9.31 Å². The van der Waals surface area contributed by atoms with Crippen LogP contribution in [0.1, 0.15) is 27.7 Å². The predicted octanol–water partition coefficient (Wildman–Crippen LogP) is 8.96. The van der Waals surface area contributed by atoms with Crippen LogP contribution in [0.4, 0.5) is 0 Å². The molecule has 1 aliphatic heterocycles. The van der Waals surface area contributed by atoms with Gasteiger partial charge in [0.05, 0.1) is 27.0 Å². The topological polar surface area (TPSA) is 18.5 Å². The van der Waals surface area contributed by atoms with Crippen molar-refractivity contribution >= 4 is 55.4 Å². The molecular weight excluding hydrogens is 788 g/mol. The Morgan fingerprint density at radius 2 is 0.556 bits per heavy atom. The van der Waals surface area contributed by atoms with E-state index in [2.05, 4.69) is 188 Å². The van der Waals surface area contributed by atoms with Crippen LogP contribution in [-0.4, -0.2) is 18.9 Å². The minimum absolute atomic E-state index is 0. The molecule has 0 atom stereocenters. The van der Waals surface area contributed by atoms with Crippen molar-refractivity contribution in [1.29, 1.82) is 0 Å². The van der Waals surface area contributed by atoms with Gasteiger partial charge in [-0.25, -0.2) is 0 Å². The molecule has 0 bridgehead atoms. The van der Waals surface area contributed by atoms with E-state index >= 15 is 0 Å². The van der Waals surface area contributed by atoms with Gasteiger partial charge in [0.25, 0.3) is 0 Å². The van der Waals surface area contributed by atoms with Crippen LogP contribution in [-0.2, 0) is 29.7 Å². The molecular formula is C48H49BO2P2Pd+. The van der Waals surface area contributed by atoms with Gasteiger partial charge in [0, 0.05) is 20.4 Å². The van der Waals surface area contributed by atoms with Crippen LogP contribution >= 0.6 is 15.8 Å². The van der Waals surface area contributed by atoms with Crippen molar-refractivity contribution in [2.24, 2.45) is 0 Å². The van der Waals surface area contributed by atoms with Gasteiger partial charge in [-0.05, 0) is 100 Å². The molecule has 1 aliphatic rings. The summed E-state index contributed by atoms with van der Waals surface area (Å²) in [5.74, 6) is 0. The first-order chi connectivity index (χ1) is 25.9. The molecule has 0 aliphatic carbocycles. The maximum absolute atomic E-state index is 5.21. The SMILES string of the molecule is CC1(C)O[B]OC1(C)C.[Pd].[c-]1ccccc1.c1ccc([PH+](c2ccccc2)c2ccccc2)cc1.c1ccc([PH+](c2ccccc2)c2ccccc2)cc1. The number of rotatable bonds is 6. The standard InChI is InChI=1S/2C18H15P.C6H12BO2.C6H5.Pd/c2*1-4-10-16(11-5-1)19(17-12-6-2-7-13-17)18-14-8-3-9-15-18;1-5(2)6(3,4)9-7-8-5;1-2-4-6-5-3-1;/h2*1-15H;1-4H3;1-5H;/q;;;-1;/p+2. The molecule has 54 heavy (non-hydrogen) atoms. The zero-order valence-electron chi connectivity index (χ0n) is 31.4. The molecule has 0 amide bonds. The van der Waals surface area contributed by atoms with Gasteiger partial charge in [0.1, 0.15) is 31.8 Å². The van der Waals surface area contributed by atoms with Gasteiger partial charge in [-0.3, -0.25) is 0 Å². The fourth-order valence-electron chi connectivity index (χ4n) is 5.52. The van der Waals surface area contributed by atoms with E-state index in [1.54, 1.807) is 0 Å². The molecule has 0 saturated carbocycles. The second-order valence-electron chi connectivity index (χ2n) is 13.4. The Kier molecular flexibility index (Phi) is 17.8. The minimum atomic E-state index is -0.877. The molecule has 0 N–H and O–H groups in total. The quantitative estimate of drug-likeness (QED) is 0.0947. The number of benzene rings is 7. The van der Waals surface area contributed by atoms with E-state index in [0.717, 1.165) is 0 Å². The third kappa shape index (κ3) is 12.8. The summed E-state index contributed by atoms with van der Waals surface area (Å²) in [7, 11) is -0.338. The van der Waals surface area contributed by atoms with Crippen LogP contribution in [0.2, 0.25) is 0 Å². The maximum Gasteiger partial charge on any atom is 0.488 e. The number of hydrogen-bond acceptors (Lipinski definition) is 2. The fourth-order valence-corrected chi connectivity index (χ4v) is 10.7. The number of hydrogen-bond donors (Lipinski definition) is 0. The molecule has 0 unspecified atom stereocenters. The third-order valence-corrected chi connectivity index (χ3v) is 14.6. The van der Waals surface area contributed by atoms with Crippen molar-refractivity contribution in [1.82, 2.24) is 0 Å². The summed E-state index contributed by atoms with van der Waals surface area (Å²) in [6.45, 7) is 8.04. The Morgan fingerprint density at radius 3 is 0.685 bits per heavy atom. The average Bonchev–Trinajstić information content (AvgIpc) is 3.47. The second-order valence-corrected chi connectivity index (χ2v) is 18.3. The van der Waals surface area contributed by atoms with Crippen LogP contribution in [0.5, 0.6) is 0 Å². The average molecular weight is 837 g/mol. The van der Waals surface area contributed by atoms with Crippen molar-refractivity contribution in [3.8, 4) is 0 Å². The fraction of sp³-hybridized carbons (Fsp3) is 0.125. The summed E-state index contributed by atoms with van der Waals surface area (Å²) in [5, 5.41) is 8.61. The first-order valence-electron chi connectivity index (χ1n) is 18.0. The van der Waals surface area contributed by atoms with Gasteiger partial charge in [0.15, 0.2) is 0 Å². The van der Waals surface area contributed by atoms with Gasteiger partial charge in [-0.15, -0.1) is 0 Å². The van der Waals surface area contributed by atoms with E-state index in [1.165, 1.54) is 39.5 Å². The molecule has 0 spiro atoms. The van der Waals surface area contributed by atoms with Gasteiger partial charge >= 0.3 is 7.69 Å². The van der Waals surface area contributed by atoms with Crippen molar-refractivity contribution in [2.45, 2.75) is 38.9 Å².